The van der Waals surface area contributed by atoms with Crippen LogP contribution in [0.15, 0.2) is 24.3 Å². The molecular weight excluding hydrogens is 338 g/mol. The number of rotatable bonds is 7. The fourth-order valence-electron chi connectivity index (χ4n) is 4.05. The van der Waals surface area contributed by atoms with Crippen LogP contribution in [0, 0.1) is 12.8 Å². The van der Waals surface area contributed by atoms with E-state index in [1.807, 2.05) is 31.2 Å². The molecule has 2 heterocycles. The molecule has 27 heavy (non-hydrogen) atoms. The number of nitrogens with zero attached hydrogens (tertiary/aromatic N) is 1. The summed E-state index contributed by atoms with van der Waals surface area (Å²) in [6.45, 7) is 8.00. The van der Waals surface area contributed by atoms with Crippen molar-refractivity contribution in [3.63, 3.8) is 0 Å². The first-order valence-electron chi connectivity index (χ1n) is 10.1. The molecule has 2 N–H and O–H groups in total. The van der Waals surface area contributed by atoms with Gasteiger partial charge < -0.3 is 10.3 Å². The van der Waals surface area contributed by atoms with Crippen LogP contribution in [0.3, 0.4) is 0 Å². The van der Waals surface area contributed by atoms with Crippen molar-refractivity contribution >= 4 is 22.6 Å². The standard InChI is InChI=1S/C22H31N3O2/c1-4-5-12-23-22(27)17-11-10-15(2)25(13-17)14-20(26)21-16(3)24-19-9-7-6-8-18(19)21/h6-9,15,17,24H,4-5,10-14H2,1-3H3,(H,23,27). The number of nitrogens with one attached hydrogen (secondary N) is 2. The number of hydrogen-bond donors (Lipinski definition) is 2. The van der Waals surface area contributed by atoms with Crippen LogP contribution >= 0.6 is 0 Å². The predicted octanol–water partition coefficient (Wildman–Crippen LogP) is 3.68. The van der Waals surface area contributed by atoms with Gasteiger partial charge in [-0.2, -0.15) is 0 Å². The van der Waals surface area contributed by atoms with Crippen LogP contribution in [-0.4, -0.2) is 47.3 Å². The average Bonchev–Trinajstić information content (AvgIpc) is 2.99. The first-order valence-corrected chi connectivity index (χ1v) is 10.1. The first kappa shape index (κ1) is 19.6. The van der Waals surface area contributed by atoms with Gasteiger partial charge in [0.05, 0.1) is 12.5 Å². The molecule has 0 radical (unpaired) electrons. The summed E-state index contributed by atoms with van der Waals surface area (Å²) in [7, 11) is 0. The Morgan fingerprint density at radius 2 is 2.04 bits per heavy atom. The highest BCUT2D eigenvalue weighted by molar-refractivity contribution is 6.10. The lowest BCUT2D eigenvalue weighted by molar-refractivity contribution is -0.127. The number of carbonyl (C=O) groups excluding carboxylic acids is 2. The third-order valence-corrected chi connectivity index (χ3v) is 5.73. The number of aryl methyl sites for hydroxylation is 1. The minimum Gasteiger partial charge on any atom is -0.358 e. The SMILES string of the molecule is CCCCNC(=O)C1CCC(C)N(CC(=O)c2c(C)[nH]c3ccccc23)C1. The smallest absolute Gasteiger partial charge is 0.224 e. The Bertz CT molecular complexity index is 811. The molecule has 2 atom stereocenters. The van der Waals surface area contributed by atoms with Gasteiger partial charge in [-0.25, -0.2) is 0 Å². The Kier molecular flexibility index (Phi) is 6.32. The highest BCUT2D eigenvalue weighted by Crippen LogP contribution is 2.26. The van der Waals surface area contributed by atoms with Gasteiger partial charge in [0, 0.05) is 41.3 Å². The van der Waals surface area contributed by atoms with Crippen molar-refractivity contribution in [3.05, 3.63) is 35.5 Å². The van der Waals surface area contributed by atoms with E-state index >= 15 is 0 Å². The zero-order valence-corrected chi connectivity index (χ0v) is 16.7. The van der Waals surface area contributed by atoms with E-state index in [9.17, 15) is 9.59 Å². The van der Waals surface area contributed by atoms with Gasteiger partial charge in [0.25, 0.3) is 0 Å². The molecule has 5 nitrogen and oxygen atoms in total. The fraction of sp³-hybridized carbons (Fsp3) is 0.545. The fourth-order valence-corrected chi connectivity index (χ4v) is 4.05. The molecule has 1 amide bonds. The number of amides is 1. The summed E-state index contributed by atoms with van der Waals surface area (Å²) in [5.41, 5.74) is 2.70. The summed E-state index contributed by atoms with van der Waals surface area (Å²) in [5, 5.41) is 4.03. The van der Waals surface area contributed by atoms with Crippen molar-refractivity contribution in [2.24, 2.45) is 5.92 Å². The van der Waals surface area contributed by atoms with E-state index in [2.05, 4.69) is 29.0 Å². The van der Waals surface area contributed by atoms with Crippen LogP contribution in [0.4, 0.5) is 0 Å². The Morgan fingerprint density at radius 1 is 1.26 bits per heavy atom. The van der Waals surface area contributed by atoms with Gasteiger partial charge in [-0.15, -0.1) is 0 Å². The summed E-state index contributed by atoms with van der Waals surface area (Å²) in [6.07, 6.45) is 3.94. The van der Waals surface area contributed by atoms with Crippen molar-refractivity contribution < 1.29 is 9.59 Å². The lowest BCUT2D eigenvalue weighted by atomic mass is 9.92. The van der Waals surface area contributed by atoms with E-state index in [1.165, 1.54) is 0 Å². The third-order valence-electron chi connectivity index (χ3n) is 5.73. The Balaban J connectivity index is 1.68. The molecule has 3 rings (SSSR count). The lowest BCUT2D eigenvalue weighted by Gasteiger charge is -2.37. The van der Waals surface area contributed by atoms with Crippen LogP contribution in [-0.2, 0) is 4.79 Å². The zero-order chi connectivity index (χ0) is 19.4. The molecule has 0 saturated carbocycles. The number of likely N-dealkylation sites (tertiary alicyclic amines) is 1. The average molecular weight is 370 g/mol. The van der Waals surface area contributed by atoms with Gasteiger partial charge in [-0.05, 0) is 39.2 Å². The van der Waals surface area contributed by atoms with Crippen LogP contribution in [0.1, 0.15) is 55.6 Å². The monoisotopic (exact) mass is 369 g/mol. The Hall–Kier alpha value is -2.14. The van der Waals surface area contributed by atoms with E-state index in [0.717, 1.165) is 54.4 Å². The number of benzene rings is 1. The molecule has 5 heteroatoms. The molecule has 1 saturated heterocycles. The second kappa shape index (κ2) is 8.70. The van der Waals surface area contributed by atoms with E-state index in [4.69, 9.17) is 0 Å². The third kappa shape index (κ3) is 4.41. The van der Waals surface area contributed by atoms with E-state index in [1.54, 1.807) is 0 Å². The Morgan fingerprint density at radius 3 is 2.81 bits per heavy atom. The molecule has 1 aromatic carbocycles. The van der Waals surface area contributed by atoms with Crippen molar-refractivity contribution in [1.29, 1.82) is 0 Å². The van der Waals surface area contributed by atoms with E-state index < -0.39 is 0 Å². The van der Waals surface area contributed by atoms with Crippen molar-refractivity contribution in [3.8, 4) is 0 Å². The summed E-state index contributed by atoms with van der Waals surface area (Å²) >= 11 is 0. The molecule has 146 valence electrons. The predicted molar refractivity (Wildman–Crippen MR) is 109 cm³/mol. The summed E-state index contributed by atoms with van der Waals surface area (Å²) in [6, 6.07) is 8.25. The second-order valence-electron chi connectivity index (χ2n) is 7.79. The number of unbranched alkanes of at least 4 members (excludes halogenated alkanes) is 1. The lowest BCUT2D eigenvalue weighted by Crippen LogP contribution is -2.48. The van der Waals surface area contributed by atoms with Crippen LogP contribution in [0.2, 0.25) is 0 Å². The van der Waals surface area contributed by atoms with E-state index in [0.29, 0.717) is 19.1 Å². The quantitative estimate of drug-likeness (QED) is 0.578. The number of fused-ring (bicyclic) bond motifs is 1. The molecule has 1 fully saturated rings. The maximum atomic E-state index is 13.1. The highest BCUT2D eigenvalue weighted by Gasteiger charge is 2.31. The van der Waals surface area contributed by atoms with Crippen LogP contribution in [0.25, 0.3) is 10.9 Å². The van der Waals surface area contributed by atoms with Gasteiger partial charge in [0.2, 0.25) is 5.91 Å². The number of aromatic nitrogens is 1. The normalized spacial score (nSPS) is 20.7. The topological polar surface area (TPSA) is 65.2 Å². The number of H-pyrrole nitrogens is 1. The molecule has 2 aromatic rings. The van der Waals surface area contributed by atoms with Gasteiger partial charge >= 0.3 is 0 Å². The second-order valence-corrected chi connectivity index (χ2v) is 7.79. The molecule has 1 aliphatic rings. The van der Waals surface area contributed by atoms with Gasteiger partial charge in [-0.3, -0.25) is 14.5 Å². The number of piperidine rings is 1. The summed E-state index contributed by atoms with van der Waals surface area (Å²) < 4.78 is 0. The molecule has 1 aliphatic heterocycles. The minimum atomic E-state index is -0.0186. The molecule has 2 unspecified atom stereocenters. The number of Topliss-reactive ketones (excluding diaryl/α,β-unsaturated/α-hetero) is 1. The van der Waals surface area contributed by atoms with Crippen molar-refractivity contribution in [2.45, 2.75) is 52.5 Å². The zero-order valence-electron chi connectivity index (χ0n) is 16.7. The molecule has 0 aliphatic carbocycles. The van der Waals surface area contributed by atoms with Gasteiger partial charge in [0.15, 0.2) is 5.78 Å². The molecular formula is C22H31N3O2. The maximum absolute atomic E-state index is 13.1. The molecule has 0 bridgehead atoms. The number of hydrogen-bond acceptors (Lipinski definition) is 3. The Labute approximate surface area is 161 Å². The van der Waals surface area contributed by atoms with E-state index in [-0.39, 0.29) is 17.6 Å². The van der Waals surface area contributed by atoms with Crippen molar-refractivity contribution in [1.82, 2.24) is 15.2 Å². The van der Waals surface area contributed by atoms with Gasteiger partial charge in [0.1, 0.15) is 0 Å². The number of para-hydroxylation sites is 1. The maximum Gasteiger partial charge on any atom is 0.224 e. The molecule has 0 spiro atoms. The van der Waals surface area contributed by atoms with Crippen molar-refractivity contribution in [2.75, 3.05) is 19.6 Å². The number of carbonyl (C=O) groups is 2. The van der Waals surface area contributed by atoms with Crippen LogP contribution < -0.4 is 5.32 Å². The summed E-state index contributed by atoms with van der Waals surface area (Å²) in [5.74, 6) is 0.245. The van der Waals surface area contributed by atoms with Crippen LogP contribution in [0.5, 0.6) is 0 Å². The van der Waals surface area contributed by atoms with Gasteiger partial charge in [-0.1, -0.05) is 31.5 Å². The highest BCUT2D eigenvalue weighted by atomic mass is 16.2. The molecule has 1 aromatic heterocycles. The first-order chi connectivity index (χ1) is 13.0. The largest absolute Gasteiger partial charge is 0.358 e. The number of ketones is 1. The minimum absolute atomic E-state index is 0.0186. The summed E-state index contributed by atoms with van der Waals surface area (Å²) in [4.78, 5) is 31.0. The number of aromatic amines is 1.